The van der Waals surface area contributed by atoms with Crippen molar-refractivity contribution < 1.29 is 47.6 Å². The Morgan fingerprint density at radius 3 is 1.06 bits per heavy atom. The van der Waals surface area contributed by atoms with E-state index in [0.29, 0.717) is 66.6 Å². The van der Waals surface area contributed by atoms with Gasteiger partial charge in [0.1, 0.15) is 23.0 Å². The molecule has 0 unspecified atom stereocenters. The van der Waals surface area contributed by atoms with Crippen molar-refractivity contribution in [1.82, 2.24) is 0 Å². The lowest BCUT2D eigenvalue weighted by molar-refractivity contribution is -0.144. The summed E-state index contributed by atoms with van der Waals surface area (Å²) in [6, 6.07) is 47.5. The van der Waals surface area contributed by atoms with Crippen molar-refractivity contribution in [3.8, 4) is 57.4 Å². The zero-order valence-electron chi connectivity index (χ0n) is 48.8. The first-order valence-electron chi connectivity index (χ1n) is 30.4. The van der Waals surface area contributed by atoms with Crippen molar-refractivity contribution in [2.75, 3.05) is 26.4 Å². The molecule has 0 aromatic heterocycles. The van der Waals surface area contributed by atoms with Crippen molar-refractivity contribution in [2.24, 2.45) is 0 Å². The van der Waals surface area contributed by atoms with Crippen LogP contribution in [-0.2, 0) is 19.1 Å². The Morgan fingerprint density at radius 2 is 0.667 bits per heavy atom. The maximum atomic E-state index is 12.7. The Bertz CT molecular complexity index is 2980. The van der Waals surface area contributed by atoms with Crippen LogP contribution in [0.4, 0.5) is 0 Å². The number of carbonyl (C=O) groups is 4. The summed E-state index contributed by atoms with van der Waals surface area (Å²) < 4.78 is 33.8. The molecule has 0 amide bonds. The van der Waals surface area contributed by atoms with Crippen molar-refractivity contribution in [1.29, 1.82) is 10.5 Å². The first-order chi connectivity index (χ1) is 41.3. The molecule has 6 aromatic carbocycles. The summed E-state index contributed by atoms with van der Waals surface area (Å²) in [4.78, 5) is 49.7. The average molecular weight is 1140 g/mol. The van der Waals surface area contributed by atoms with Crippen molar-refractivity contribution in [2.45, 2.75) is 154 Å². The van der Waals surface area contributed by atoms with Gasteiger partial charge in [-0.25, -0.2) is 14.4 Å². The summed E-state index contributed by atoms with van der Waals surface area (Å²) in [6.07, 6.45) is 28.4. The van der Waals surface area contributed by atoms with Gasteiger partial charge in [-0.15, -0.1) is 0 Å². The van der Waals surface area contributed by atoms with Crippen LogP contribution in [0.1, 0.15) is 186 Å². The van der Waals surface area contributed by atoms with Crippen molar-refractivity contribution >= 4 is 23.9 Å². The molecule has 12 nitrogen and oxygen atoms in total. The van der Waals surface area contributed by atoms with Crippen LogP contribution in [0.3, 0.4) is 0 Å². The first-order valence-corrected chi connectivity index (χ1v) is 30.4. The van der Waals surface area contributed by atoms with Crippen LogP contribution in [0, 0.1) is 22.7 Å². The predicted octanol–water partition coefficient (Wildman–Crippen LogP) is 17.7. The topological polar surface area (TPSA) is 171 Å². The number of carbonyl (C=O) groups excluding carboxylic acids is 4. The van der Waals surface area contributed by atoms with Gasteiger partial charge in [-0.1, -0.05) is 157 Å². The van der Waals surface area contributed by atoms with Crippen LogP contribution in [-0.4, -0.2) is 50.3 Å². The highest BCUT2D eigenvalue weighted by Crippen LogP contribution is 2.26. The lowest BCUT2D eigenvalue weighted by atomic mass is 10.0. The van der Waals surface area contributed by atoms with E-state index < -0.39 is 11.9 Å². The molecule has 0 saturated heterocycles. The molecule has 0 spiro atoms. The zero-order valence-corrected chi connectivity index (χ0v) is 48.8. The van der Waals surface area contributed by atoms with Gasteiger partial charge in [0.05, 0.1) is 60.8 Å². The number of nitriles is 2. The fourth-order valence-electron chi connectivity index (χ4n) is 9.42. The molecule has 0 saturated carbocycles. The minimum absolute atomic E-state index is 0.0918. The van der Waals surface area contributed by atoms with Crippen LogP contribution >= 0.6 is 0 Å². The van der Waals surface area contributed by atoms with Crippen molar-refractivity contribution in [3.05, 3.63) is 180 Å². The third-order valence-corrected chi connectivity index (χ3v) is 14.4. The lowest BCUT2D eigenvalue weighted by Gasteiger charge is -2.08. The minimum atomic E-state index is -0.435. The maximum Gasteiger partial charge on any atom is 0.343 e. The minimum Gasteiger partial charge on any atom is -0.494 e. The Morgan fingerprint density at radius 1 is 0.345 bits per heavy atom. The van der Waals surface area contributed by atoms with E-state index in [1.807, 2.05) is 54.6 Å². The molecule has 0 aliphatic rings. The van der Waals surface area contributed by atoms with Gasteiger partial charge in [0, 0.05) is 12.5 Å². The fourth-order valence-corrected chi connectivity index (χ4v) is 9.42. The number of allylic oxidation sites excluding steroid dienone is 1. The van der Waals surface area contributed by atoms with Gasteiger partial charge in [-0.05, 0) is 164 Å². The molecule has 0 aliphatic heterocycles. The number of unbranched alkanes of at least 4 members (excludes halogenated alkanes) is 20. The molecule has 0 fully saturated rings. The SMILES string of the molecule is N#Cc1ccc(-c2ccc(OC(=O)c3ccc(OCCCCCCCCCCOC(=O)/C=C/CCCCCCCCC(=O)OCCCCCCCCCCOc4ccc(C(=O)Oc5ccc(-c6ccc(C#N)cc6)cc5)cc4)cc3)cc2)cc1. The highest BCUT2D eigenvalue weighted by molar-refractivity contribution is 5.92. The molecule has 0 atom stereocenters. The maximum absolute atomic E-state index is 12.7. The van der Waals surface area contributed by atoms with Crippen LogP contribution in [0.15, 0.2) is 158 Å². The first kappa shape index (κ1) is 64.7. The normalized spacial score (nSPS) is 10.9. The molecule has 0 radical (unpaired) electrons. The second-order valence-corrected chi connectivity index (χ2v) is 21.1. The van der Waals surface area contributed by atoms with E-state index in [1.54, 1.807) is 103 Å². The lowest BCUT2D eigenvalue weighted by Crippen LogP contribution is -2.08. The monoisotopic (exact) mass is 1130 g/mol. The third-order valence-electron chi connectivity index (χ3n) is 14.4. The molecule has 440 valence electrons. The Hall–Kier alpha value is -8.48. The molecular formula is C72H82N2O10. The van der Waals surface area contributed by atoms with Crippen LogP contribution in [0.5, 0.6) is 23.0 Å². The quantitative estimate of drug-likeness (QED) is 0.0155. The van der Waals surface area contributed by atoms with E-state index >= 15 is 0 Å². The number of nitrogens with zero attached hydrogens (tertiary/aromatic N) is 2. The van der Waals surface area contributed by atoms with E-state index in [1.165, 1.54) is 19.3 Å². The molecule has 6 rings (SSSR count). The summed E-state index contributed by atoms with van der Waals surface area (Å²) in [5.74, 6) is 1.13. The molecule has 0 aliphatic carbocycles. The number of hydrogen-bond acceptors (Lipinski definition) is 12. The van der Waals surface area contributed by atoms with Gasteiger partial charge < -0.3 is 28.4 Å². The average Bonchev–Trinajstić information content (AvgIpc) is 3.72. The fraction of sp³-hybridized carbons (Fsp3) is 0.389. The van der Waals surface area contributed by atoms with Gasteiger partial charge in [0.2, 0.25) is 0 Å². The van der Waals surface area contributed by atoms with Crippen LogP contribution in [0.2, 0.25) is 0 Å². The second-order valence-electron chi connectivity index (χ2n) is 21.1. The highest BCUT2D eigenvalue weighted by atomic mass is 16.5. The van der Waals surface area contributed by atoms with E-state index in [-0.39, 0.29) is 11.9 Å². The molecule has 0 N–H and O–H groups in total. The van der Waals surface area contributed by atoms with E-state index in [4.69, 9.17) is 38.9 Å². The van der Waals surface area contributed by atoms with E-state index in [2.05, 4.69) is 12.1 Å². The van der Waals surface area contributed by atoms with Gasteiger partial charge in [-0.2, -0.15) is 10.5 Å². The number of benzene rings is 6. The van der Waals surface area contributed by atoms with Gasteiger partial charge in [-0.3, -0.25) is 4.79 Å². The standard InChI is InChI=1S/C72H82N2O10/c73-55-57-27-31-59(32-28-57)61-35-47-67(48-36-61)83-71(77)63-39-43-65(44-40-63)79-51-21-15-9-3-5-11-17-23-53-81-69(75)25-19-13-7-1-2-8-14-20-26-70(76)82-54-24-18-12-6-4-10-16-22-52-80-66-45-41-64(42-46-66)72(78)84-68-49-37-62(38-50-68)60-33-29-58(56-74)30-34-60/h19,25,27-50H,1-18,20-24,26,51-54H2/b25-19+. The number of hydrogen-bond donors (Lipinski definition) is 0. The Balaban J connectivity index is 0.629. The van der Waals surface area contributed by atoms with Gasteiger partial charge >= 0.3 is 23.9 Å². The van der Waals surface area contributed by atoms with Crippen molar-refractivity contribution in [3.63, 3.8) is 0 Å². The molecule has 12 heteroatoms. The van der Waals surface area contributed by atoms with Crippen LogP contribution in [0.25, 0.3) is 22.3 Å². The molecule has 0 heterocycles. The largest absolute Gasteiger partial charge is 0.494 e. The van der Waals surface area contributed by atoms with E-state index in [0.717, 1.165) is 162 Å². The summed E-state index contributed by atoms with van der Waals surface area (Å²) in [5.41, 5.74) is 6.00. The Kier molecular flexibility index (Phi) is 30.1. The summed E-state index contributed by atoms with van der Waals surface area (Å²) >= 11 is 0. The van der Waals surface area contributed by atoms with E-state index in [9.17, 15) is 19.2 Å². The summed E-state index contributed by atoms with van der Waals surface area (Å²) in [6.45, 7) is 2.21. The summed E-state index contributed by atoms with van der Waals surface area (Å²) in [7, 11) is 0. The zero-order chi connectivity index (χ0) is 59.1. The molecular weight excluding hydrogens is 1050 g/mol. The number of esters is 4. The third kappa shape index (κ3) is 25.8. The van der Waals surface area contributed by atoms with Gasteiger partial charge in [0.15, 0.2) is 0 Å². The smallest absolute Gasteiger partial charge is 0.343 e. The Labute approximate surface area is 497 Å². The molecule has 0 bridgehead atoms. The van der Waals surface area contributed by atoms with Crippen LogP contribution < -0.4 is 18.9 Å². The number of rotatable bonds is 40. The molecule has 6 aromatic rings. The summed E-state index contributed by atoms with van der Waals surface area (Å²) in [5, 5.41) is 18.0. The predicted molar refractivity (Wildman–Crippen MR) is 329 cm³/mol. The molecule has 84 heavy (non-hydrogen) atoms. The second kappa shape index (κ2) is 39.1. The van der Waals surface area contributed by atoms with Gasteiger partial charge in [0.25, 0.3) is 0 Å². The highest BCUT2D eigenvalue weighted by Gasteiger charge is 2.12. The number of ether oxygens (including phenoxy) is 6.